The topological polar surface area (TPSA) is 20.2 Å². The van der Waals surface area contributed by atoms with Gasteiger partial charge in [-0.15, -0.1) is 0 Å². The third-order valence-corrected chi connectivity index (χ3v) is 5.04. The second kappa shape index (κ2) is 3.96. The molecular formula is C20H16O. The number of hydrogen-bond acceptors (Lipinski definition) is 1. The van der Waals surface area contributed by atoms with Crippen molar-refractivity contribution in [2.75, 3.05) is 0 Å². The van der Waals surface area contributed by atoms with Crippen LogP contribution in [0.5, 0.6) is 0 Å². The average Bonchev–Trinajstić information content (AvgIpc) is 2.52. The monoisotopic (exact) mass is 272 g/mol. The van der Waals surface area contributed by atoms with Gasteiger partial charge in [-0.2, -0.15) is 0 Å². The van der Waals surface area contributed by atoms with Gasteiger partial charge in [0, 0.05) is 0 Å². The summed E-state index contributed by atoms with van der Waals surface area (Å²) in [6, 6.07) is 17.8. The molecule has 0 bridgehead atoms. The van der Waals surface area contributed by atoms with Crippen LogP contribution in [0.15, 0.2) is 48.5 Å². The summed E-state index contributed by atoms with van der Waals surface area (Å²) in [5.74, 6) is 0. The molecule has 1 heteroatoms. The first kappa shape index (κ1) is 11.5. The van der Waals surface area contributed by atoms with Crippen molar-refractivity contribution in [3.8, 4) is 0 Å². The lowest BCUT2D eigenvalue weighted by molar-refractivity contribution is 0.159. The van der Waals surface area contributed by atoms with Crippen LogP contribution in [0.4, 0.5) is 0 Å². The molecule has 1 atom stereocenters. The van der Waals surface area contributed by atoms with Gasteiger partial charge in [-0.1, -0.05) is 48.5 Å². The fourth-order valence-corrected chi connectivity index (χ4v) is 4.05. The Labute approximate surface area is 123 Å². The molecule has 1 nitrogen and oxygen atoms in total. The van der Waals surface area contributed by atoms with Gasteiger partial charge in [0.15, 0.2) is 0 Å². The van der Waals surface area contributed by atoms with Gasteiger partial charge in [0.05, 0.1) is 6.10 Å². The Morgan fingerprint density at radius 1 is 0.857 bits per heavy atom. The highest BCUT2D eigenvalue weighted by Crippen LogP contribution is 2.39. The lowest BCUT2D eigenvalue weighted by atomic mass is 9.83. The van der Waals surface area contributed by atoms with Crippen LogP contribution in [-0.2, 0) is 12.8 Å². The summed E-state index contributed by atoms with van der Waals surface area (Å²) < 4.78 is 0. The molecule has 0 aromatic heterocycles. The zero-order valence-corrected chi connectivity index (χ0v) is 11.8. The van der Waals surface area contributed by atoms with Gasteiger partial charge in [-0.25, -0.2) is 0 Å². The molecule has 0 unspecified atom stereocenters. The van der Waals surface area contributed by atoms with E-state index in [1.807, 2.05) is 0 Å². The largest absolute Gasteiger partial charge is 0.393 e. The van der Waals surface area contributed by atoms with Crippen LogP contribution in [0, 0.1) is 0 Å². The van der Waals surface area contributed by atoms with Crippen LogP contribution in [-0.4, -0.2) is 11.2 Å². The molecule has 0 spiro atoms. The molecule has 1 aliphatic carbocycles. The Hall–Kier alpha value is -2.12. The van der Waals surface area contributed by atoms with Gasteiger partial charge in [0.2, 0.25) is 0 Å². The van der Waals surface area contributed by atoms with Crippen molar-refractivity contribution in [3.05, 3.63) is 59.7 Å². The van der Waals surface area contributed by atoms with Crippen molar-refractivity contribution in [1.29, 1.82) is 0 Å². The van der Waals surface area contributed by atoms with Gasteiger partial charge in [0.25, 0.3) is 0 Å². The van der Waals surface area contributed by atoms with E-state index in [1.54, 1.807) is 0 Å². The van der Waals surface area contributed by atoms with Gasteiger partial charge in [0.1, 0.15) is 0 Å². The molecule has 4 aromatic carbocycles. The van der Waals surface area contributed by atoms with Gasteiger partial charge in [-0.05, 0) is 62.7 Å². The van der Waals surface area contributed by atoms with E-state index in [2.05, 4.69) is 48.5 Å². The van der Waals surface area contributed by atoms with Crippen molar-refractivity contribution >= 4 is 32.3 Å². The third kappa shape index (κ3) is 1.50. The standard InChI is InChI=1S/C20H16O/c21-16-8-6-14-10-15-5-4-12-2-1-3-13-7-9-17(18(14)11-16)20(15)19(12)13/h1-5,7,9-10,16,21H,6,8,11H2/t16-/m0/s1. The van der Waals surface area contributed by atoms with E-state index in [0.29, 0.717) is 0 Å². The Bertz CT molecular complexity index is 968. The smallest absolute Gasteiger partial charge is 0.0584 e. The van der Waals surface area contributed by atoms with Crippen molar-refractivity contribution in [2.45, 2.75) is 25.4 Å². The first-order valence-corrected chi connectivity index (χ1v) is 7.67. The molecule has 4 aromatic rings. The van der Waals surface area contributed by atoms with Crippen molar-refractivity contribution in [1.82, 2.24) is 0 Å². The summed E-state index contributed by atoms with van der Waals surface area (Å²) in [4.78, 5) is 0. The lowest BCUT2D eigenvalue weighted by Crippen LogP contribution is -2.18. The summed E-state index contributed by atoms with van der Waals surface area (Å²) >= 11 is 0. The molecule has 0 aliphatic heterocycles. The first-order valence-electron chi connectivity index (χ1n) is 7.67. The molecule has 0 heterocycles. The van der Waals surface area contributed by atoms with Crippen molar-refractivity contribution < 1.29 is 5.11 Å². The van der Waals surface area contributed by atoms with Crippen LogP contribution < -0.4 is 0 Å². The second-order valence-corrected chi connectivity index (χ2v) is 6.27. The SMILES string of the molecule is O[C@H]1CCc2cc3ccc4cccc5ccc(c2C1)c3c45. The molecule has 1 aliphatic rings. The first-order chi connectivity index (χ1) is 10.3. The summed E-state index contributed by atoms with van der Waals surface area (Å²) in [7, 11) is 0. The number of hydrogen-bond donors (Lipinski definition) is 1. The van der Waals surface area contributed by atoms with E-state index < -0.39 is 0 Å². The lowest BCUT2D eigenvalue weighted by Gasteiger charge is -2.24. The quantitative estimate of drug-likeness (QED) is 0.469. The maximum absolute atomic E-state index is 10.1. The molecule has 21 heavy (non-hydrogen) atoms. The summed E-state index contributed by atoms with van der Waals surface area (Å²) in [5.41, 5.74) is 2.78. The van der Waals surface area contributed by atoms with E-state index in [0.717, 1.165) is 19.3 Å². The predicted octanol–water partition coefficient (Wildman–Crippen LogP) is 4.43. The van der Waals surface area contributed by atoms with Crippen LogP contribution in [0.1, 0.15) is 17.5 Å². The Balaban J connectivity index is 2.04. The zero-order valence-electron chi connectivity index (χ0n) is 11.8. The van der Waals surface area contributed by atoms with E-state index in [4.69, 9.17) is 0 Å². The molecule has 0 fully saturated rings. The third-order valence-electron chi connectivity index (χ3n) is 5.04. The number of rotatable bonds is 0. The zero-order chi connectivity index (χ0) is 14.0. The van der Waals surface area contributed by atoms with Gasteiger partial charge in [-0.3, -0.25) is 0 Å². The normalized spacial score (nSPS) is 18.6. The predicted molar refractivity (Wildman–Crippen MR) is 88.2 cm³/mol. The van der Waals surface area contributed by atoms with Gasteiger partial charge < -0.3 is 5.11 Å². The van der Waals surface area contributed by atoms with Gasteiger partial charge >= 0.3 is 0 Å². The minimum absolute atomic E-state index is 0.184. The van der Waals surface area contributed by atoms with Crippen LogP contribution >= 0.6 is 0 Å². The molecule has 0 saturated heterocycles. The minimum Gasteiger partial charge on any atom is -0.393 e. The van der Waals surface area contributed by atoms with Crippen LogP contribution in [0.3, 0.4) is 0 Å². The molecule has 5 rings (SSSR count). The molecule has 102 valence electrons. The Morgan fingerprint density at radius 2 is 1.62 bits per heavy atom. The highest BCUT2D eigenvalue weighted by molar-refractivity contribution is 6.23. The van der Waals surface area contributed by atoms with Crippen molar-refractivity contribution in [3.63, 3.8) is 0 Å². The molecule has 1 N–H and O–H groups in total. The number of aliphatic hydroxyl groups is 1. The molecule has 0 amide bonds. The van der Waals surface area contributed by atoms with E-state index in [-0.39, 0.29) is 6.10 Å². The summed E-state index contributed by atoms with van der Waals surface area (Å²) in [6.45, 7) is 0. The van der Waals surface area contributed by atoms with Crippen LogP contribution in [0.2, 0.25) is 0 Å². The average molecular weight is 272 g/mol. The fourth-order valence-electron chi connectivity index (χ4n) is 4.05. The van der Waals surface area contributed by atoms with E-state index in [9.17, 15) is 5.11 Å². The Morgan fingerprint density at radius 3 is 2.48 bits per heavy atom. The number of fused-ring (bicyclic) bond motifs is 2. The number of aryl methyl sites for hydroxylation is 1. The highest BCUT2D eigenvalue weighted by atomic mass is 16.3. The highest BCUT2D eigenvalue weighted by Gasteiger charge is 2.20. The maximum Gasteiger partial charge on any atom is 0.0584 e. The Kier molecular flexibility index (Phi) is 2.17. The number of benzene rings is 4. The fraction of sp³-hybridized carbons (Fsp3) is 0.200. The van der Waals surface area contributed by atoms with Crippen molar-refractivity contribution in [2.24, 2.45) is 0 Å². The summed E-state index contributed by atoms with van der Waals surface area (Å²) in [6.07, 6.45) is 2.49. The molecule has 0 saturated carbocycles. The van der Waals surface area contributed by atoms with Crippen LogP contribution in [0.25, 0.3) is 32.3 Å². The summed E-state index contributed by atoms with van der Waals surface area (Å²) in [5, 5.41) is 18.1. The number of aliphatic hydroxyl groups excluding tert-OH is 1. The molecular weight excluding hydrogens is 256 g/mol. The van der Waals surface area contributed by atoms with E-state index >= 15 is 0 Å². The minimum atomic E-state index is -0.184. The van der Waals surface area contributed by atoms with E-state index in [1.165, 1.54) is 43.4 Å². The second-order valence-electron chi connectivity index (χ2n) is 6.27. The maximum atomic E-state index is 10.1. The molecule has 0 radical (unpaired) electrons.